The fraction of sp³-hybridized carbons (Fsp3) is 0.333. The fourth-order valence-corrected chi connectivity index (χ4v) is 1.90. The van der Waals surface area contributed by atoms with Crippen molar-refractivity contribution in [2.24, 2.45) is 4.99 Å². The molecule has 0 fully saturated rings. The molecule has 3 heteroatoms. The molecule has 0 saturated carbocycles. The predicted molar refractivity (Wildman–Crippen MR) is 50.5 cm³/mol. The molecule has 0 atom stereocenters. The van der Waals surface area contributed by atoms with E-state index in [1.807, 2.05) is 13.1 Å². The summed E-state index contributed by atoms with van der Waals surface area (Å²) in [4.78, 5) is 8.73. The predicted octanol–water partition coefficient (Wildman–Crippen LogP) is 1.16. The van der Waals surface area contributed by atoms with Gasteiger partial charge in [0.15, 0.2) is 0 Å². The lowest BCUT2D eigenvalue weighted by Gasteiger charge is -1.86. The molecule has 0 saturated heterocycles. The monoisotopic (exact) mass is 178 g/mol. The molecular weight excluding hydrogens is 168 g/mol. The zero-order valence-electron chi connectivity index (χ0n) is 7.16. The van der Waals surface area contributed by atoms with Crippen molar-refractivity contribution in [1.82, 2.24) is 4.98 Å². The van der Waals surface area contributed by atoms with E-state index in [-0.39, 0.29) is 0 Å². The Morgan fingerprint density at radius 1 is 1.42 bits per heavy atom. The van der Waals surface area contributed by atoms with Gasteiger partial charge in [0, 0.05) is 6.20 Å². The minimum Gasteiger partial charge on any atom is -0.244 e. The molecule has 2 nitrogen and oxygen atoms in total. The molecule has 12 heavy (non-hydrogen) atoms. The van der Waals surface area contributed by atoms with Crippen LogP contribution >= 0.6 is 11.3 Å². The molecule has 0 aromatic carbocycles. The molecule has 0 bridgehead atoms. The first-order chi connectivity index (χ1) is 5.75. The zero-order chi connectivity index (χ0) is 8.55. The Kier molecular flexibility index (Phi) is 1.81. The van der Waals surface area contributed by atoms with Crippen molar-refractivity contribution in [3.63, 3.8) is 0 Å². The van der Waals surface area contributed by atoms with Crippen molar-refractivity contribution < 1.29 is 0 Å². The van der Waals surface area contributed by atoms with Crippen LogP contribution in [0.25, 0.3) is 6.08 Å². The summed E-state index contributed by atoms with van der Waals surface area (Å²) in [6, 6.07) is 0. The first kappa shape index (κ1) is 7.68. The zero-order valence-corrected chi connectivity index (χ0v) is 7.98. The third kappa shape index (κ3) is 1.32. The molecule has 0 spiro atoms. The van der Waals surface area contributed by atoms with Gasteiger partial charge in [0.05, 0.1) is 10.4 Å². The van der Waals surface area contributed by atoms with Crippen LogP contribution in [0.5, 0.6) is 0 Å². The normalized spacial score (nSPS) is 15.3. The van der Waals surface area contributed by atoms with E-state index in [1.54, 1.807) is 11.3 Å². The molecule has 2 heterocycles. The van der Waals surface area contributed by atoms with Gasteiger partial charge in [-0.25, -0.2) is 9.98 Å². The molecule has 0 radical (unpaired) electrons. The van der Waals surface area contributed by atoms with E-state index in [1.165, 1.54) is 5.57 Å². The van der Waals surface area contributed by atoms with E-state index in [4.69, 9.17) is 0 Å². The molecular formula is C9H10N2S. The van der Waals surface area contributed by atoms with E-state index in [0.29, 0.717) is 0 Å². The Balaban J connectivity index is 2.70. The Labute approximate surface area is 75.0 Å². The van der Waals surface area contributed by atoms with Crippen LogP contribution in [0.4, 0.5) is 0 Å². The summed E-state index contributed by atoms with van der Waals surface area (Å²) in [5.41, 5.74) is 1.29. The third-order valence-corrected chi connectivity index (χ3v) is 2.66. The lowest BCUT2D eigenvalue weighted by atomic mass is 10.2. The standard InChI is InChI=1S/C9H10N2S/c1-6-3-4-8-9(10-5-6)12-7(2)11-8/h4-5H,3H2,1-2H3. The van der Waals surface area contributed by atoms with Gasteiger partial charge < -0.3 is 0 Å². The van der Waals surface area contributed by atoms with Crippen molar-refractivity contribution >= 4 is 17.4 Å². The maximum atomic E-state index is 4.38. The molecule has 62 valence electrons. The van der Waals surface area contributed by atoms with Crippen molar-refractivity contribution in [3.05, 3.63) is 26.8 Å². The average molecular weight is 178 g/mol. The second-order valence-electron chi connectivity index (χ2n) is 2.94. The summed E-state index contributed by atoms with van der Waals surface area (Å²) in [6.45, 7) is 4.10. The Morgan fingerprint density at radius 2 is 2.25 bits per heavy atom. The molecule has 1 aliphatic rings. The second kappa shape index (κ2) is 2.83. The van der Waals surface area contributed by atoms with Crippen LogP contribution in [0.2, 0.25) is 0 Å². The van der Waals surface area contributed by atoms with Gasteiger partial charge >= 0.3 is 0 Å². The van der Waals surface area contributed by atoms with Crippen LogP contribution in [0, 0.1) is 6.92 Å². The highest BCUT2D eigenvalue weighted by atomic mass is 32.1. The van der Waals surface area contributed by atoms with Gasteiger partial charge in [-0.15, -0.1) is 0 Å². The average Bonchev–Trinajstić information content (AvgIpc) is 2.31. The topological polar surface area (TPSA) is 25.2 Å². The maximum Gasteiger partial charge on any atom is 0.143 e. The number of nitrogens with zero attached hydrogens (tertiary/aromatic N) is 2. The number of fused-ring (bicyclic) bond motifs is 1. The molecule has 0 N–H and O–H groups in total. The molecule has 1 aromatic heterocycles. The number of aryl methyl sites for hydroxylation is 1. The minimum absolute atomic E-state index is 0.972. The first-order valence-corrected chi connectivity index (χ1v) is 4.74. The number of allylic oxidation sites excluding steroid dienone is 1. The van der Waals surface area contributed by atoms with Gasteiger partial charge in [0.2, 0.25) is 0 Å². The SMILES string of the molecule is CC1=CN=c2sc(C)nc2=CC1. The van der Waals surface area contributed by atoms with Crippen LogP contribution in [-0.4, -0.2) is 4.98 Å². The molecule has 2 rings (SSSR count). The number of rotatable bonds is 0. The van der Waals surface area contributed by atoms with Gasteiger partial charge in [0.25, 0.3) is 0 Å². The molecule has 1 aromatic rings. The fourth-order valence-electron chi connectivity index (χ4n) is 1.14. The molecule has 0 unspecified atom stereocenters. The van der Waals surface area contributed by atoms with Crippen molar-refractivity contribution in [3.8, 4) is 0 Å². The largest absolute Gasteiger partial charge is 0.244 e. The van der Waals surface area contributed by atoms with Crippen LogP contribution in [0.1, 0.15) is 18.4 Å². The quantitative estimate of drug-likeness (QED) is 0.585. The second-order valence-corrected chi connectivity index (χ2v) is 4.12. The van der Waals surface area contributed by atoms with Gasteiger partial charge in [-0.2, -0.15) is 0 Å². The Bertz CT molecular complexity index is 440. The van der Waals surface area contributed by atoms with Gasteiger partial charge in [-0.1, -0.05) is 23.0 Å². The highest BCUT2D eigenvalue weighted by Gasteiger charge is 1.98. The number of thiazole rings is 1. The van der Waals surface area contributed by atoms with Crippen LogP contribution in [-0.2, 0) is 0 Å². The van der Waals surface area contributed by atoms with Crippen LogP contribution < -0.4 is 10.0 Å². The molecule has 1 aliphatic heterocycles. The lowest BCUT2D eigenvalue weighted by Crippen LogP contribution is -2.19. The third-order valence-electron chi connectivity index (χ3n) is 1.76. The summed E-state index contributed by atoms with van der Waals surface area (Å²) in [7, 11) is 0. The van der Waals surface area contributed by atoms with Crippen molar-refractivity contribution in [1.29, 1.82) is 0 Å². The summed E-state index contributed by atoms with van der Waals surface area (Å²) < 4.78 is 1.05. The Morgan fingerprint density at radius 3 is 3.08 bits per heavy atom. The number of aromatic nitrogens is 1. The summed E-state index contributed by atoms with van der Waals surface area (Å²) >= 11 is 1.65. The lowest BCUT2D eigenvalue weighted by molar-refractivity contribution is 1.20. The summed E-state index contributed by atoms with van der Waals surface area (Å²) in [6.07, 6.45) is 5.04. The first-order valence-electron chi connectivity index (χ1n) is 3.93. The molecule has 0 amide bonds. The molecule has 0 aliphatic carbocycles. The van der Waals surface area contributed by atoms with Crippen LogP contribution in [0.15, 0.2) is 16.8 Å². The summed E-state index contributed by atoms with van der Waals surface area (Å²) in [5.74, 6) is 0. The van der Waals surface area contributed by atoms with E-state index in [9.17, 15) is 0 Å². The Hall–Kier alpha value is -0.960. The highest BCUT2D eigenvalue weighted by Crippen LogP contribution is 2.02. The smallest absolute Gasteiger partial charge is 0.143 e. The van der Waals surface area contributed by atoms with E-state index in [0.717, 1.165) is 21.4 Å². The van der Waals surface area contributed by atoms with Gasteiger partial charge in [-0.05, 0) is 20.3 Å². The van der Waals surface area contributed by atoms with E-state index >= 15 is 0 Å². The highest BCUT2D eigenvalue weighted by molar-refractivity contribution is 7.09. The summed E-state index contributed by atoms with van der Waals surface area (Å²) in [5, 5.41) is 2.14. The van der Waals surface area contributed by atoms with Gasteiger partial charge in [0.1, 0.15) is 4.67 Å². The van der Waals surface area contributed by atoms with Crippen LogP contribution in [0.3, 0.4) is 0 Å². The number of hydrogen-bond acceptors (Lipinski definition) is 3. The van der Waals surface area contributed by atoms with E-state index in [2.05, 4.69) is 23.0 Å². The minimum atomic E-state index is 0.972. The van der Waals surface area contributed by atoms with Crippen molar-refractivity contribution in [2.45, 2.75) is 20.3 Å². The maximum absolute atomic E-state index is 4.38. The van der Waals surface area contributed by atoms with E-state index < -0.39 is 0 Å². The number of hydrogen-bond donors (Lipinski definition) is 0. The van der Waals surface area contributed by atoms with Gasteiger partial charge in [-0.3, -0.25) is 0 Å². The van der Waals surface area contributed by atoms with Crippen molar-refractivity contribution in [2.75, 3.05) is 0 Å².